The van der Waals surface area contributed by atoms with Gasteiger partial charge in [-0.25, -0.2) is 0 Å². The third-order valence-electron chi connectivity index (χ3n) is 3.25. The minimum absolute atomic E-state index is 0.0954. The van der Waals surface area contributed by atoms with Crippen LogP contribution < -0.4 is 14.8 Å². The van der Waals surface area contributed by atoms with Crippen molar-refractivity contribution >= 4 is 33.4 Å². The number of nitrogens with one attached hydrogen (secondary N) is 1. The Morgan fingerprint density at radius 2 is 1.96 bits per heavy atom. The maximum atomic E-state index is 12.0. The highest BCUT2D eigenvalue weighted by Crippen LogP contribution is 2.27. The minimum atomic E-state index is -0.215. The first-order chi connectivity index (χ1) is 11.0. The van der Waals surface area contributed by atoms with E-state index in [1.807, 2.05) is 31.2 Å². The Labute approximate surface area is 148 Å². The molecule has 0 aromatic heterocycles. The molecule has 0 saturated carbocycles. The number of rotatable bonds is 6. The summed E-state index contributed by atoms with van der Waals surface area (Å²) < 4.78 is 11.4. The van der Waals surface area contributed by atoms with E-state index in [0.717, 1.165) is 15.8 Å². The first kappa shape index (κ1) is 17.6. The lowest BCUT2D eigenvalue weighted by atomic mass is 10.1. The van der Waals surface area contributed by atoms with E-state index in [9.17, 15) is 4.79 Å². The van der Waals surface area contributed by atoms with Gasteiger partial charge in [0, 0.05) is 4.47 Å². The van der Waals surface area contributed by atoms with Gasteiger partial charge < -0.3 is 14.8 Å². The van der Waals surface area contributed by atoms with Gasteiger partial charge >= 0.3 is 0 Å². The number of hydrogen-bond donors (Lipinski definition) is 1. The molecular weight excluding hydrogens is 382 g/mol. The number of amides is 1. The summed E-state index contributed by atoms with van der Waals surface area (Å²) in [6.07, 6.45) is 0. The summed E-state index contributed by atoms with van der Waals surface area (Å²) in [6, 6.07) is 12.6. The van der Waals surface area contributed by atoms with Crippen LogP contribution >= 0.6 is 27.5 Å². The van der Waals surface area contributed by atoms with Crippen LogP contribution in [0.25, 0.3) is 0 Å². The molecule has 4 nitrogen and oxygen atoms in total. The van der Waals surface area contributed by atoms with Gasteiger partial charge in [0.1, 0.15) is 11.5 Å². The van der Waals surface area contributed by atoms with Crippen molar-refractivity contribution in [1.29, 1.82) is 0 Å². The molecule has 122 valence electrons. The molecule has 1 atom stereocenters. The summed E-state index contributed by atoms with van der Waals surface area (Å²) in [5.74, 6) is 1.04. The predicted octanol–water partition coefficient (Wildman–Crippen LogP) is 4.37. The smallest absolute Gasteiger partial charge is 0.258 e. The second kappa shape index (κ2) is 8.22. The van der Waals surface area contributed by atoms with Crippen molar-refractivity contribution in [2.45, 2.75) is 13.0 Å². The van der Waals surface area contributed by atoms with Gasteiger partial charge in [-0.2, -0.15) is 0 Å². The molecule has 0 aliphatic rings. The van der Waals surface area contributed by atoms with Crippen LogP contribution in [0.3, 0.4) is 0 Å². The molecule has 0 unspecified atom stereocenters. The number of benzene rings is 2. The molecule has 1 N–H and O–H groups in total. The quantitative estimate of drug-likeness (QED) is 0.786. The van der Waals surface area contributed by atoms with Gasteiger partial charge in [-0.15, -0.1) is 0 Å². The molecular formula is C17H17BrClNO3. The van der Waals surface area contributed by atoms with Crippen LogP contribution in [0.15, 0.2) is 46.9 Å². The normalized spacial score (nSPS) is 11.7. The Balaban J connectivity index is 1.88. The molecule has 0 aliphatic carbocycles. The average molecular weight is 399 g/mol. The van der Waals surface area contributed by atoms with Crippen molar-refractivity contribution in [3.05, 3.63) is 57.5 Å². The molecule has 2 rings (SSSR count). The lowest BCUT2D eigenvalue weighted by molar-refractivity contribution is -0.123. The van der Waals surface area contributed by atoms with E-state index >= 15 is 0 Å². The summed E-state index contributed by atoms with van der Waals surface area (Å²) in [5, 5.41) is 3.33. The number of carbonyl (C=O) groups is 1. The van der Waals surface area contributed by atoms with Crippen LogP contribution in [0.4, 0.5) is 0 Å². The number of hydrogen-bond acceptors (Lipinski definition) is 3. The topological polar surface area (TPSA) is 47.6 Å². The first-order valence-corrected chi connectivity index (χ1v) is 8.18. The first-order valence-electron chi connectivity index (χ1n) is 7.00. The minimum Gasteiger partial charge on any atom is -0.497 e. The van der Waals surface area contributed by atoms with E-state index in [-0.39, 0.29) is 18.6 Å². The van der Waals surface area contributed by atoms with Crippen LogP contribution in [-0.2, 0) is 4.79 Å². The molecule has 2 aromatic rings. The van der Waals surface area contributed by atoms with E-state index < -0.39 is 0 Å². The highest BCUT2D eigenvalue weighted by Gasteiger charge is 2.11. The Kier molecular flexibility index (Phi) is 6.30. The zero-order valence-corrected chi connectivity index (χ0v) is 15.1. The standard InChI is InChI=1S/C17H17BrClNO3/c1-11(12-3-6-14(22-2)7-4-12)20-17(21)10-23-16-8-5-13(18)9-15(16)19/h3-9,11H,10H2,1-2H3,(H,20,21)/t11-/m0/s1. The van der Waals surface area contributed by atoms with Crippen LogP contribution in [0.1, 0.15) is 18.5 Å². The fourth-order valence-corrected chi connectivity index (χ4v) is 2.72. The molecule has 6 heteroatoms. The van der Waals surface area contributed by atoms with Crippen molar-refractivity contribution < 1.29 is 14.3 Å². The maximum absolute atomic E-state index is 12.0. The molecule has 2 aromatic carbocycles. The fourth-order valence-electron chi connectivity index (χ4n) is 1.99. The van der Waals surface area contributed by atoms with Crippen LogP contribution in [-0.4, -0.2) is 19.6 Å². The summed E-state index contributed by atoms with van der Waals surface area (Å²) in [6.45, 7) is 1.81. The number of carbonyl (C=O) groups excluding carboxylic acids is 1. The summed E-state index contributed by atoms with van der Waals surface area (Å²) >= 11 is 9.36. The second-order valence-corrected chi connectivity index (χ2v) is 6.25. The maximum Gasteiger partial charge on any atom is 0.258 e. The third-order valence-corrected chi connectivity index (χ3v) is 4.03. The van der Waals surface area contributed by atoms with E-state index in [1.165, 1.54) is 0 Å². The Bertz CT molecular complexity index is 676. The summed E-state index contributed by atoms with van der Waals surface area (Å²) in [5.41, 5.74) is 0.987. The molecule has 0 aliphatic heterocycles. The SMILES string of the molecule is COc1ccc([C@H](C)NC(=O)COc2ccc(Br)cc2Cl)cc1. The molecule has 23 heavy (non-hydrogen) atoms. The van der Waals surface area contributed by atoms with Crippen molar-refractivity contribution in [2.75, 3.05) is 13.7 Å². The van der Waals surface area contributed by atoms with Crippen molar-refractivity contribution in [3.8, 4) is 11.5 Å². The summed E-state index contributed by atoms with van der Waals surface area (Å²) in [4.78, 5) is 12.0. The van der Waals surface area contributed by atoms with Gasteiger partial charge in [0.2, 0.25) is 0 Å². The number of halogens is 2. The van der Waals surface area contributed by atoms with Crippen LogP contribution in [0.5, 0.6) is 11.5 Å². The third kappa shape index (κ3) is 5.15. The van der Waals surface area contributed by atoms with Gasteiger partial charge in [-0.1, -0.05) is 39.7 Å². The Hall–Kier alpha value is -1.72. The van der Waals surface area contributed by atoms with Crippen LogP contribution in [0, 0.1) is 0 Å². The Morgan fingerprint density at radius 1 is 1.26 bits per heavy atom. The van der Waals surface area contributed by atoms with E-state index in [0.29, 0.717) is 10.8 Å². The zero-order chi connectivity index (χ0) is 16.8. The molecule has 0 saturated heterocycles. The number of ether oxygens (including phenoxy) is 2. The molecule has 0 heterocycles. The average Bonchev–Trinajstić information content (AvgIpc) is 2.54. The van der Waals surface area contributed by atoms with Crippen molar-refractivity contribution in [3.63, 3.8) is 0 Å². The lowest BCUT2D eigenvalue weighted by Crippen LogP contribution is -2.31. The molecule has 1 amide bonds. The van der Waals surface area contributed by atoms with Crippen molar-refractivity contribution in [2.24, 2.45) is 0 Å². The lowest BCUT2D eigenvalue weighted by Gasteiger charge is -2.15. The zero-order valence-electron chi connectivity index (χ0n) is 12.8. The largest absolute Gasteiger partial charge is 0.497 e. The molecule has 0 fully saturated rings. The van der Waals surface area contributed by atoms with E-state index in [1.54, 1.807) is 25.3 Å². The van der Waals surface area contributed by atoms with Gasteiger partial charge in [-0.3, -0.25) is 4.79 Å². The highest BCUT2D eigenvalue weighted by atomic mass is 79.9. The predicted molar refractivity (Wildman–Crippen MR) is 94.2 cm³/mol. The van der Waals surface area contributed by atoms with Gasteiger partial charge in [0.25, 0.3) is 5.91 Å². The number of methoxy groups -OCH3 is 1. The fraction of sp³-hybridized carbons (Fsp3) is 0.235. The van der Waals surface area contributed by atoms with Gasteiger partial charge in [0.05, 0.1) is 18.2 Å². The van der Waals surface area contributed by atoms with E-state index in [4.69, 9.17) is 21.1 Å². The summed E-state index contributed by atoms with van der Waals surface area (Å²) in [7, 11) is 1.62. The second-order valence-electron chi connectivity index (χ2n) is 4.93. The highest BCUT2D eigenvalue weighted by molar-refractivity contribution is 9.10. The molecule has 0 spiro atoms. The van der Waals surface area contributed by atoms with Crippen molar-refractivity contribution in [1.82, 2.24) is 5.32 Å². The van der Waals surface area contributed by atoms with Gasteiger partial charge in [0.15, 0.2) is 6.61 Å². The molecule has 0 radical (unpaired) electrons. The van der Waals surface area contributed by atoms with E-state index in [2.05, 4.69) is 21.2 Å². The van der Waals surface area contributed by atoms with Crippen LogP contribution in [0.2, 0.25) is 5.02 Å². The Morgan fingerprint density at radius 3 is 2.57 bits per heavy atom. The monoisotopic (exact) mass is 397 g/mol. The molecule has 0 bridgehead atoms. The van der Waals surface area contributed by atoms with Gasteiger partial charge in [-0.05, 0) is 42.8 Å².